The highest BCUT2D eigenvalue weighted by atomic mass is 35.5. The Bertz CT molecular complexity index is 1240. The Hall–Kier alpha value is -3.34. The fraction of sp³-hybridized carbons (Fsp3) is 0.0769. The smallest absolute Gasteiger partial charge is 0.354 e. The zero-order valence-electron chi connectivity index (χ0n) is 17.3. The first-order valence-corrected chi connectivity index (χ1v) is 10.7. The first-order valence-electron chi connectivity index (χ1n) is 9.96. The van der Waals surface area contributed by atoms with Gasteiger partial charge in [-0.15, -0.1) is 0 Å². The number of pyridine rings is 1. The zero-order valence-corrected chi connectivity index (χ0v) is 18.8. The largest absolute Gasteiger partial charge is 0.477 e. The van der Waals surface area contributed by atoms with Crippen molar-refractivity contribution in [2.75, 3.05) is 11.9 Å². The second kappa shape index (κ2) is 9.43. The van der Waals surface area contributed by atoms with Crippen LogP contribution < -0.4 is 4.90 Å². The van der Waals surface area contributed by atoms with Crippen molar-refractivity contribution in [2.45, 2.75) is 6.54 Å². The number of anilines is 1. The molecule has 0 aliphatic carbocycles. The van der Waals surface area contributed by atoms with Crippen LogP contribution in [0.1, 0.15) is 16.1 Å². The molecule has 32 heavy (non-hydrogen) atoms. The predicted octanol–water partition coefficient (Wildman–Crippen LogP) is 7.06. The molecule has 4 nitrogen and oxygen atoms in total. The number of carbonyl (C=O) groups is 1. The molecule has 1 aromatic heterocycles. The summed E-state index contributed by atoms with van der Waals surface area (Å²) in [5, 5.41) is 10.4. The number of benzene rings is 3. The Kier molecular flexibility index (Phi) is 6.45. The number of hydrogen-bond donors (Lipinski definition) is 1. The quantitative estimate of drug-likeness (QED) is 0.333. The van der Waals surface area contributed by atoms with E-state index in [4.69, 9.17) is 28.3 Å². The summed E-state index contributed by atoms with van der Waals surface area (Å²) in [5.41, 5.74) is 6.11. The van der Waals surface area contributed by atoms with Crippen molar-refractivity contribution in [1.82, 2.24) is 4.98 Å². The Balaban J connectivity index is 1.57. The van der Waals surface area contributed by atoms with E-state index >= 15 is 0 Å². The van der Waals surface area contributed by atoms with Gasteiger partial charge < -0.3 is 10.0 Å². The molecule has 4 aromatic rings. The van der Waals surface area contributed by atoms with Gasteiger partial charge in [0.05, 0.1) is 0 Å². The van der Waals surface area contributed by atoms with Crippen molar-refractivity contribution in [2.24, 2.45) is 0 Å². The third kappa shape index (κ3) is 4.93. The fourth-order valence-corrected chi connectivity index (χ4v) is 3.83. The van der Waals surface area contributed by atoms with E-state index < -0.39 is 5.97 Å². The highest BCUT2D eigenvalue weighted by Gasteiger charge is 2.12. The van der Waals surface area contributed by atoms with Gasteiger partial charge in [-0.25, -0.2) is 9.78 Å². The lowest BCUT2D eigenvalue weighted by Crippen LogP contribution is -2.16. The van der Waals surface area contributed by atoms with Gasteiger partial charge in [0.2, 0.25) is 0 Å². The van der Waals surface area contributed by atoms with Crippen LogP contribution in [0, 0.1) is 0 Å². The Morgan fingerprint density at radius 3 is 2.03 bits per heavy atom. The minimum atomic E-state index is -1.05. The average molecular weight is 463 g/mol. The molecule has 0 saturated heterocycles. The molecule has 0 saturated carbocycles. The maximum absolute atomic E-state index is 11.1. The SMILES string of the molecule is CN(Cc1ccc(Cl)cc1-c1ccc(C(=O)O)nc1)c1ccc(-c2ccc(Cl)cc2)cc1. The number of carboxylic acids is 1. The van der Waals surface area contributed by atoms with Crippen LogP contribution in [-0.4, -0.2) is 23.1 Å². The van der Waals surface area contributed by atoms with E-state index in [0.29, 0.717) is 11.6 Å². The van der Waals surface area contributed by atoms with Gasteiger partial charge in [-0.2, -0.15) is 0 Å². The highest BCUT2D eigenvalue weighted by Crippen LogP contribution is 2.30. The third-order valence-electron chi connectivity index (χ3n) is 5.26. The molecule has 1 N–H and O–H groups in total. The average Bonchev–Trinajstić information content (AvgIpc) is 2.81. The summed E-state index contributed by atoms with van der Waals surface area (Å²) in [5.74, 6) is -1.05. The van der Waals surface area contributed by atoms with E-state index in [2.05, 4.69) is 34.1 Å². The van der Waals surface area contributed by atoms with E-state index in [1.807, 2.05) is 49.5 Å². The van der Waals surface area contributed by atoms with E-state index in [1.165, 1.54) is 6.07 Å². The standard InChI is InChI=1S/C26H20Cl2N2O2/c1-30(23-11-5-18(6-12-23)17-2-8-21(27)9-3-17)16-20-4-10-22(28)14-24(20)19-7-13-25(26(31)32)29-15-19/h2-15H,16H2,1H3,(H,31,32). The van der Waals surface area contributed by atoms with Gasteiger partial charge >= 0.3 is 5.97 Å². The summed E-state index contributed by atoms with van der Waals surface area (Å²) < 4.78 is 0. The lowest BCUT2D eigenvalue weighted by molar-refractivity contribution is 0.0690. The minimum absolute atomic E-state index is 0.00947. The number of hydrogen-bond acceptors (Lipinski definition) is 3. The third-order valence-corrected chi connectivity index (χ3v) is 5.75. The van der Waals surface area contributed by atoms with Crippen LogP contribution >= 0.6 is 23.2 Å². The molecular weight excluding hydrogens is 443 g/mol. The van der Waals surface area contributed by atoms with Gasteiger partial charge in [0, 0.05) is 41.1 Å². The molecule has 0 aliphatic rings. The maximum atomic E-state index is 11.1. The van der Waals surface area contributed by atoms with Crippen LogP contribution in [0.25, 0.3) is 22.3 Å². The van der Waals surface area contributed by atoms with Crippen LogP contribution in [0.4, 0.5) is 5.69 Å². The number of nitrogens with zero attached hydrogens (tertiary/aromatic N) is 2. The van der Waals surface area contributed by atoms with Crippen molar-refractivity contribution in [3.63, 3.8) is 0 Å². The molecule has 0 amide bonds. The summed E-state index contributed by atoms with van der Waals surface area (Å²) in [6.45, 7) is 0.646. The Morgan fingerprint density at radius 2 is 1.44 bits per heavy atom. The molecule has 1 heterocycles. The van der Waals surface area contributed by atoms with Crippen LogP contribution in [0.2, 0.25) is 10.0 Å². The van der Waals surface area contributed by atoms with Crippen molar-refractivity contribution < 1.29 is 9.90 Å². The lowest BCUT2D eigenvalue weighted by atomic mass is 10.00. The molecule has 0 unspecified atom stereocenters. The molecular formula is C26H20Cl2N2O2. The normalized spacial score (nSPS) is 10.7. The summed E-state index contributed by atoms with van der Waals surface area (Å²) in [6, 6.07) is 25.1. The highest BCUT2D eigenvalue weighted by molar-refractivity contribution is 6.31. The predicted molar refractivity (Wildman–Crippen MR) is 131 cm³/mol. The molecule has 0 fully saturated rings. The van der Waals surface area contributed by atoms with E-state index in [0.717, 1.165) is 38.5 Å². The van der Waals surface area contributed by atoms with Gasteiger partial charge in [0.25, 0.3) is 0 Å². The summed E-state index contributed by atoms with van der Waals surface area (Å²) in [7, 11) is 2.03. The number of aromatic carboxylic acids is 1. The van der Waals surface area contributed by atoms with Crippen molar-refractivity contribution in [1.29, 1.82) is 0 Å². The van der Waals surface area contributed by atoms with Crippen LogP contribution in [-0.2, 0) is 6.54 Å². The lowest BCUT2D eigenvalue weighted by Gasteiger charge is -2.22. The monoisotopic (exact) mass is 462 g/mol. The molecule has 6 heteroatoms. The van der Waals surface area contributed by atoms with Gasteiger partial charge in [-0.05, 0) is 64.7 Å². The number of halogens is 2. The Labute approximate surface area is 196 Å². The van der Waals surface area contributed by atoms with Gasteiger partial charge in [-0.1, -0.05) is 59.6 Å². The maximum Gasteiger partial charge on any atom is 0.354 e. The van der Waals surface area contributed by atoms with Crippen LogP contribution in [0.15, 0.2) is 85.1 Å². The molecule has 0 radical (unpaired) electrons. The van der Waals surface area contributed by atoms with Crippen molar-refractivity contribution in [3.8, 4) is 22.3 Å². The molecule has 0 atom stereocenters. The second-order valence-corrected chi connectivity index (χ2v) is 8.32. The first-order chi connectivity index (χ1) is 15.4. The summed E-state index contributed by atoms with van der Waals surface area (Å²) >= 11 is 12.2. The van der Waals surface area contributed by atoms with E-state index in [9.17, 15) is 4.79 Å². The van der Waals surface area contributed by atoms with Crippen LogP contribution in [0.3, 0.4) is 0 Å². The number of rotatable bonds is 6. The summed E-state index contributed by atoms with van der Waals surface area (Å²) in [4.78, 5) is 17.3. The zero-order chi connectivity index (χ0) is 22.7. The molecule has 0 spiro atoms. The van der Waals surface area contributed by atoms with Crippen molar-refractivity contribution >= 4 is 34.9 Å². The molecule has 3 aromatic carbocycles. The van der Waals surface area contributed by atoms with E-state index in [1.54, 1.807) is 12.3 Å². The van der Waals surface area contributed by atoms with E-state index in [-0.39, 0.29) is 5.69 Å². The fourth-order valence-electron chi connectivity index (χ4n) is 3.53. The molecule has 4 rings (SSSR count). The van der Waals surface area contributed by atoms with Crippen molar-refractivity contribution in [3.05, 3.63) is 106 Å². The number of carboxylic acid groups (broad SMARTS) is 1. The summed E-state index contributed by atoms with van der Waals surface area (Å²) in [6.07, 6.45) is 1.57. The first kappa shape index (κ1) is 21.9. The molecule has 160 valence electrons. The van der Waals surface area contributed by atoms with Gasteiger partial charge in [0.1, 0.15) is 5.69 Å². The van der Waals surface area contributed by atoms with Crippen LogP contribution in [0.5, 0.6) is 0 Å². The molecule has 0 aliphatic heterocycles. The van der Waals surface area contributed by atoms with Gasteiger partial charge in [0.15, 0.2) is 0 Å². The Morgan fingerprint density at radius 1 is 0.844 bits per heavy atom. The minimum Gasteiger partial charge on any atom is -0.477 e. The van der Waals surface area contributed by atoms with Gasteiger partial charge in [-0.3, -0.25) is 0 Å². The number of aromatic nitrogens is 1. The topological polar surface area (TPSA) is 53.4 Å². The molecule has 0 bridgehead atoms. The second-order valence-electron chi connectivity index (χ2n) is 7.45.